The lowest BCUT2D eigenvalue weighted by molar-refractivity contribution is 0.874. The third kappa shape index (κ3) is 2.65. The molecular weight excluding hydrogens is 220 g/mol. The number of hydrogen-bond donors (Lipinski definition) is 2. The Morgan fingerprint density at radius 3 is 2.39 bits per heavy atom. The lowest BCUT2D eigenvalue weighted by atomic mass is 10.0. The summed E-state index contributed by atoms with van der Waals surface area (Å²) in [5.74, 6) is 0. The molecule has 0 aliphatic carbocycles. The van der Waals surface area contributed by atoms with E-state index in [9.17, 15) is 0 Å². The van der Waals surface area contributed by atoms with E-state index in [0.29, 0.717) is 0 Å². The Hall–Kier alpha value is -1.96. The van der Waals surface area contributed by atoms with Gasteiger partial charge in [0, 0.05) is 17.4 Å². The zero-order valence-corrected chi connectivity index (χ0v) is 11.2. The van der Waals surface area contributed by atoms with Crippen LogP contribution in [0.5, 0.6) is 0 Å². The maximum atomic E-state index is 5.92. The van der Waals surface area contributed by atoms with E-state index in [1.54, 1.807) is 0 Å². The van der Waals surface area contributed by atoms with Gasteiger partial charge in [0.05, 0.1) is 0 Å². The van der Waals surface area contributed by atoms with Crippen LogP contribution in [-0.4, -0.2) is 0 Å². The summed E-state index contributed by atoms with van der Waals surface area (Å²) in [5.41, 5.74) is 11.6. The fraction of sp³-hybridized carbons (Fsp3) is 0.250. The van der Waals surface area contributed by atoms with Gasteiger partial charge >= 0.3 is 0 Å². The summed E-state index contributed by atoms with van der Waals surface area (Å²) in [6, 6.07) is 14.8. The van der Waals surface area contributed by atoms with Crippen molar-refractivity contribution in [2.24, 2.45) is 0 Å². The Morgan fingerprint density at radius 1 is 1.00 bits per heavy atom. The van der Waals surface area contributed by atoms with Crippen LogP contribution in [-0.2, 0) is 0 Å². The van der Waals surface area contributed by atoms with Crippen molar-refractivity contribution in [3.05, 3.63) is 59.2 Å². The second kappa shape index (κ2) is 5.13. The predicted octanol–water partition coefficient (Wildman–Crippen LogP) is 4.06. The largest absolute Gasteiger partial charge is 0.398 e. The molecule has 0 aliphatic rings. The molecule has 2 nitrogen and oxygen atoms in total. The zero-order valence-electron chi connectivity index (χ0n) is 11.2. The maximum absolute atomic E-state index is 5.92. The van der Waals surface area contributed by atoms with Gasteiger partial charge in [0.2, 0.25) is 0 Å². The highest BCUT2D eigenvalue weighted by molar-refractivity contribution is 5.59. The van der Waals surface area contributed by atoms with Crippen molar-refractivity contribution in [2.45, 2.75) is 26.8 Å². The zero-order chi connectivity index (χ0) is 13.1. The lowest BCUT2D eigenvalue weighted by Crippen LogP contribution is -2.08. The van der Waals surface area contributed by atoms with E-state index >= 15 is 0 Å². The number of rotatable bonds is 3. The number of nitrogens with one attached hydrogen (secondary N) is 1. The first-order chi connectivity index (χ1) is 8.58. The van der Waals surface area contributed by atoms with Crippen molar-refractivity contribution in [1.82, 2.24) is 0 Å². The molecule has 0 fully saturated rings. The summed E-state index contributed by atoms with van der Waals surface area (Å²) in [6.07, 6.45) is 0. The van der Waals surface area contributed by atoms with E-state index in [1.165, 1.54) is 11.1 Å². The fourth-order valence-corrected chi connectivity index (χ4v) is 2.13. The topological polar surface area (TPSA) is 38.0 Å². The highest BCUT2D eigenvalue weighted by atomic mass is 14.9. The van der Waals surface area contributed by atoms with Gasteiger partial charge in [0.1, 0.15) is 0 Å². The quantitative estimate of drug-likeness (QED) is 0.794. The molecule has 1 atom stereocenters. The van der Waals surface area contributed by atoms with E-state index in [0.717, 1.165) is 16.9 Å². The van der Waals surface area contributed by atoms with E-state index in [4.69, 9.17) is 5.73 Å². The van der Waals surface area contributed by atoms with Crippen molar-refractivity contribution in [3.8, 4) is 0 Å². The second-order valence-electron chi connectivity index (χ2n) is 4.79. The molecule has 94 valence electrons. The van der Waals surface area contributed by atoms with E-state index in [-0.39, 0.29) is 6.04 Å². The van der Waals surface area contributed by atoms with Crippen LogP contribution in [0, 0.1) is 13.8 Å². The summed E-state index contributed by atoms with van der Waals surface area (Å²) < 4.78 is 0. The number of anilines is 2. The molecule has 0 spiro atoms. The molecule has 0 saturated heterocycles. The second-order valence-corrected chi connectivity index (χ2v) is 4.79. The highest BCUT2D eigenvalue weighted by Crippen LogP contribution is 2.24. The van der Waals surface area contributed by atoms with E-state index < -0.39 is 0 Å². The molecule has 3 N–H and O–H groups in total. The standard InChI is InChI=1S/C16H20N2/c1-11-6-4-5-7-15(11)13(3)18-14-9-8-12(2)16(17)10-14/h4-10,13,18H,17H2,1-3H3. The normalized spacial score (nSPS) is 12.2. The first kappa shape index (κ1) is 12.5. The molecule has 18 heavy (non-hydrogen) atoms. The third-order valence-corrected chi connectivity index (χ3v) is 3.32. The maximum Gasteiger partial charge on any atom is 0.0488 e. The van der Waals surface area contributed by atoms with Crippen LogP contribution in [0.3, 0.4) is 0 Å². The molecule has 0 aliphatic heterocycles. The summed E-state index contributed by atoms with van der Waals surface area (Å²) in [4.78, 5) is 0. The Kier molecular flexibility index (Phi) is 3.56. The minimum atomic E-state index is 0.272. The SMILES string of the molecule is Cc1ccc(NC(C)c2ccccc2C)cc1N. The number of aryl methyl sites for hydroxylation is 2. The average Bonchev–Trinajstić information content (AvgIpc) is 2.34. The first-order valence-corrected chi connectivity index (χ1v) is 6.26. The molecule has 0 amide bonds. The smallest absolute Gasteiger partial charge is 0.0488 e. The average molecular weight is 240 g/mol. The van der Waals surface area contributed by atoms with Gasteiger partial charge in [-0.2, -0.15) is 0 Å². The molecule has 2 aromatic rings. The molecule has 0 bridgehead atoms. The van der Waals surface area contributed by atoms with Crippen LogP contribution in [0.1, 0.15) is 29.7 Å². The van der Waals surface area contributed by atoms with Gasteiger partial charge in [0.25, 0.3) is 0 Å². The van der Waals surface area contributed by atoms with Crippen LogP contribution >= 0.6 is 0 Å². The van der Waals surface area contributed by atoms with Crippen LogP contribution in [0.4, 0.5) is 11.4 Å². The van der Waals surface area contributed by atoms with Crippen LogP contribution in [0.15, 0.2) is 42.5 Å². The Bertz CT molecular complexity index is 547. The van der Waals surface area contributed by atoms with Crippen molar-refractivity contribution in [2.75, 3.05) is 11.1 Å². The van der Waals surface area contributed by atoms with E-state index in [2.05, 4.69) is 49.5 Å². The van der Waals surface area contributed by atoms with Crippen LogP contribution in [0.2, 0.25) is 0 Å². The Labute approximate surface area is 109 Å². The van der Waals surface area contributed by atoms with Gasteiger partial charge < -0.3 is 11.1 Å². The van der Waals surface area contributed by atoms with Crippen molar-refractivity contribution >= 4 is 11.4 Å². The van der Waals surface area contributed by atoms with Gasteiger partial charge in [-0.05, 0) is 49.6 Å². The molecule has 0 heterocycles. The van der Waals surface area contributed by atoms with Gasteiger partial charge in [0.15, 0.2) is 0 Å². The first-order valence-electron chi connectivity index (χ1n) is 6.26. The number of nitrogens with two attached hydrogens (primary N) is 1. The Balaban J connectivity index is 2.19. The third-order valence-electron chi connectivity index (χ3n) is 3.32. The summed E-state index contributed by atoms with van der Waals surface area (Å²) >= 11 is 0. The van der Waals surface area contributed by atoms with Crippen LogP contribution in [0.25, 0.3) is 0 Å². The number of benzene rings is 2. The molecular formula is C16H20N2. The van der Waals surface area contributed by atoms with Gasteiger partial charge in [-0.15, -0.1) is 0 Å². The predicted molar refractivity (Wildman–Crippen MR) is 78.8 cm³/mol. The molecule has 0 radical (unpaired) electrons. The van der Waals surface area contributed by atoms with Gasteiger partial charge in [-0.25, -0.2) is 0 Å². The Morgan fingerprint density at radius 2 is 1.72 bits per heavy atom. The van der Waals surface area contributed by atoms with Crippen LogP contribution < -0.4 is 11.1 Å². The summed E-state index contributed by atoms with van der Waals surface area (Å²) in [5, 5.41) is 3.49. The van der Waals surface area contributed by atoms with Crippen molar-refractivity contribution in [1.29, 1.82) is 0 Å². The van der Waals surface area contributed by atoms with Crippen molar-refractivity contribution in [3.63, 3.8) is 0 Å². The van der Waals surface area contributed by atoms with Gasteiger partial charge in [-0.1, -0.05) is 30.3 Å². The summed E-state index contributed by atoms with van der Waals surface area (Å²) in [7, 11) is 0. The van der Waals surface area contributed by atoms with Gasteiger partial charge in [-0.3, -0.25) is 0 Å². The molecule has 2 aromatic carbocycles. The molecule has 0 saturated carbocycles. The highest BCUT2D eigenvalue weighted by Gasteiger charge is 2.07. The molecule has 0 aromatic heterocycles. The fourth-order valence-electron chi connectivity index (χ4n) is 2.13. The minimum absolute atomic E-state index is 0.272. The van der Waals surface area contributed by atoms with E-state index in [1.807, 2.05) is 19.1 Å². The lowest BCUT2D eigenvalue weighted by Gasteiger charge is -2.18. The molecule has 2 rings (SSSR count). The summed E-state index contributed by atoms with van der Waals surface area (Å²) in [6.45, 7) is 6.32. The number of hydrogen-bond acceptors (Lipinski definition) is 2. The minimum Gasteiger partial charge on any atom is -0.398 e. The molecule has 1 unspecified atom stereocenters. The monoisotopic (exact) mass is 240 g/mol. The van der Waals surface area contributed by atoms with Crippen molar-refractivity contribution < 1.29 is 0 Å². The molecule has 2 heteroatoms. The number of nitrogen functional groups attached to an aromatic ring is 1.